The molecule has 1 heterocycles. The zero-order chi connectivity index (χ0) is 21.5. The van der Waals surface area contributed by atoms with Crippen molar-refractivity contribution in [3.05, 3.63) is 64.7 Å². The van der Waals surface area contributed by atoms with E-state index >= 15 is 0 Å². The Balaban J connectivity index is 1.97. The normalized spacial score (nSPS) is 19.6. The van der Waals surface area contributed by atoms with Crippen molar-refractivity contribution in [1.82, 2.24) is 4.90 Å². The minimum Gasteiger partial charge on any atom is -0.344 e. The third kappa shape index (κ3) is 4.08. The second-order valence-corrected chi connectivity index (χ2v) is 6.98. The number of amides is 2. The van der Waals surface area contributed by atoms with Crippen LogP contribution in [-0.4, -0.2) is 30.3 Å². The van der Waals surface area contributed by atoms with Gasteiger partial charge in [-0.25, -0.2) is 8.78 Å². The number of nitrogens with zero attached hydrogens (tertiary/aromatic N) is 1. The molecule has 0 saturated carbocycles. The fourth-order valence-corrected chi connectivity index (χ4v) is 3.44. The average molecular weight is 412 g/mol. The second-order valence-electron chi connectivity index (χ2n) is 6.98. The molecular weight excluding hydrogens is 395 g/mol. The van der Waals surface area contributed by atoms with E-state index in [1.165, 1.54) is 37.1 Å². The van der Waals surface area contributed by atoms with Gasteiger partial charge in [-0.3, -0.25) is 9.59 Å². The number of likely N-dealkylation sites (N-methyl/N-ethyl adjacent to an activating group) is 1. The number of benzene rings is 2. The number of anilines is 1. The van der Waals surface area contributed by atoms with Crippen molar-refractivity contribution < 1.29 is 31.5 Å². The molecule has 3 rings (SSSR count). The van der Waals surface area contributed by atoms with Crippen molar-refractivity contribution in [2.75, 3.05) is 18.9 Å². The van der Waals surface area contributed by atoms with Crippen LogP contribution in [0, 0.1) is 24.5 Å². The summed E-state index contributed by atoms with van der Waals surface area (Å²) in [6.07, 6.45) is -4.78. The summed E-state index contributed by atoms with van der Waals surface area (Å²) in [4.78, 5) is 26.5. The van der Waals surface area contributed by atoms with Crippen molar-refractivity contribution in [2.45, 2.75) is 19.0 Å². The van der Waals surface area contributed by atoms with Gasteiger partial charge < -0.3 is 10.2 Å². The van der Waals surface area contributed by atoms with Crippen LogP contribution in [0.15, 0.2) is 36.4 Å². The number of carbonyl (C=O) groups is 2. The topological polar surface area (TPSA) is 49.4 Å². The Labute approximate surface area is 163 Å². The maximum Gasteiger partial charge on any atom is 0.416 e. The first-order chi connectivity index (χ1) is 13.5. The van der Waals surface area contributed by atoms with Crippen molar-refractivity contribution in [3.63, 3.8) is 0 Å². The van der Waals surface area contributed by atoms with Gasteiger partial charge in [0.25, 0.3) is 0 Å². The predicted molar refractivity (Wildman–Crippen MR) is 95.0 cm³/mol. The molecule has 0 spiro atoms. The minimum absolute atomic E-state index is 0.0558. The first-order valence-electron chi connectivity index (χ1n) is 8.67. The minimum atomic E-state index is -4.78. The van der Waals surface area contributed by atoms with Crippen LogP contribution < -0.4 is 5.32 Å². The van der Waals surface area contributed by atoms with Crippen LogP contribution in [0.3, 0.4) is 0 Å². The van der Waals surface area contributed by atoms with Gasteiger partial charge in [0.05, 0.1) is 5.56 Å². The molecule has 2 aromatic carbocycles. The smallest absolute Gasteiger partial charge is 0.344 e. The molecule has 1 aliphatic heterocycles. The Bertz CT molecular complexity index is 974. The standard InChI is InChI=1S/C20H17F5N2O2/c1-10-15(22)4-3-5-16(10)26-18(28)17-14(9-27(2)19(17)29)11-6-12(20(23,24)25)8-13(21)7-11/h3-8,14,17H,9H2,1-2H3,(H,26,28)/t14-,17+/m1/s1. The summed E-state index contributed by atoms with van der Waals surface area (Å²) in [5, 5.41) is 2.46. The Morgan fingerprint density at radius 1 is 1.17 bits per heavy atom. The lowest BCUT2D eigenvalue weighted by Gasteiger charge is -2.19. The molecule has 2 atom stereocenters. The van der Waals surface area contributed by atoms with Crippen LogP contribution in [-0.2, 0) is 15.8 Å². The monoisotopic (exact) mass is 412 g/mol. The van der Waals surface area contributed by atoms with Gasteiger partial charge >= 0.3 is 6.18 Å². The van der Waals surface area contributed by atoms with Crippen molar-refractivity contribution in [2.24, 2.45) is 5.92 Å². The third-order valence-electron chi connectivity index (χ3n) is 5.00. The number of alkyl halides is 3. The Morgan fingerprint density at radius 3 is 2.52 bits per heavy atom. The van der Waals surface area contributed by atoms with Crippen LogP contribution in [0.4, 0.5) is 27.6 Å². The SMILES string of the molecule is Cc1c(F)cccc1NC(=O)[C@H]1C(=O)N(C)C[C@@H]1c1cc(F)cc(C(F)(F)F)c1. The molecule has 154 valence electrons. The van der Waals surface area contributed by atoms with Gasteiger partial charge in [0.15, 0.2) is 0 Å². The van der Waals surface area contributed by atoms with Crippen LogP contribution >= 0.6 is 0 Å². The summed E-state index contributed by atoms with van der Waals surface area (Å²) in [7, 11) is 1.40. The number of likely N-dealkylation sites (tertiary alicyclic amines) is 1. The molecule has 0 unspecified atom stereocenters. The van der Waals surface area contributed by atoms with E-state index in [9.17, 15) is 31.5 Å². The number of hydrogen-bond donors (Lipinski definition) is 1. The van der Waals surface area contributed by atoms with Crippen LogP contribution in [0.25, 0.3) is 0 Å². The largest absolute Gasteiger partial charge is 0.416 e. The molecule has 2 aromatic rings. The maximum absolute atomic E-state index is 13.8. The molecule has 2 amide bonds. The molecule has 1 N–H and O–H groups in total. The van der Waals surface area contributed by atoms with E-state index in [-0.39, 0.29) is 23.4 Å². The van der Waals surface area contributed by atoms with Gasteiger partial charge in [-0.2, -0.15) is 13.2 Å². The first kappa shape index (κ1) is 20.8. The average Bonchev–Trinajstić information content (AvgIpc) is 2.93. The van der Waals surface area contributed by atoms with Crippen LogP contribution in [0.2, 0.25) is 0 Å². The van der Waals surface area contributed by atoms with Crippen molar-refractivity contribution in [3.8, 4) is 0 Å². The maximum atomic E-state index is 13.8. The molecule has 9 heteroatoms. The van der Waals surface area contributed by atoms with E-state index in [2.05, 4.69) is 5.32 Å². The molecule has 0 aromatic heterocycles. The van der Waals surface area contributed by atoms with E-state index < -0.39 is 47.0 Å². The van der Waals surface area contributed by atoms with Gasteiger partial charge in [-0.1, -0.05) is 6.07 Å². The summed E-state index contributed by atoms with van der Waals surface area (Å²) in [6, 6.07) is 6.01. The molecular formula is C20H17F5N2O2. The lowest BCUT2D eigenvalue weighted by molar-refractivity contribution is -0.138. The fraction of sp³-hybridized carbons (Fsp3) is 0.300. The van der Waals surface area contributed by atoms with Gasteiger partial charge in [0, 0.05) is 30.8 Å². The van der Waals surface area contributed by atoms with Gasteiger partial charge in [-0.15, -0.1) is 0 Å². The lowest BCUT2D eigenvalue weighted by atomic mass is 9.87. The zero-order valence-electron chi connectivity index (χ0n) is 15.5. The number of nitrogens with one attached hydrogen (secondary N) is 1. The summed E-state index contributed by atoms with van der Waals surface area (Å²) in [5.41, 5.74) is -1.01. The number of carbonyl (C=O) groups excluding carboxylic acids is 2. The van der Waals surface area contributed by atoms with E-state index in [0.29, 0.717) is 6.07 Å². The summed E-state index contributed by atoms with van der Waals surface area (Å²) < 4.78 is 66.7. The molecule has 1 fully saturated rings. The van der Waals surface area contributed by atoms with E-state index in [0.717, 1.165) is 12.1 Å². The number of rotatable bonds is 3. The Morgan fingerprint density at radius 2 is 1.86 bits per heavy atom. The summed E-state index contributed by atoms with van der Waals surface area (Å²) in [6.45, 7) is 1.38. The highest BCUT2D eigenvalue weighted by molar-refractivity contribution is 6.08. The Hall–Kier alpha value is -2.97. The van der Waals surface area contributed by atoms with Gasteiger partial charge in [0.1, 0.15) is 17.6 Å². The van der Waals surface area contributed by atoms with Gasteiger partial charge in [0.2, 0.25) is 11.8 Å². The fourth-order valence-electron chi connectivity index (χ4n) is 3.44. The quantitative estimate of drug-likeness (QED) is 0.610. The molecule has 1 saturated heterocycles. The lowest BCUT2D eigenvalue weighted by Crippen LogP contribution is -2.33. The van der Waals surface area contributed by atoms with E-state index in [4.69, 9.17) is 0 Å². The molecule has 0 radical (unpaired) electrons. The predicted octanol–water partition coefficient (Wildman–Crippen LogP) is 4.10. The second kappa shape index (κ2) is 7.46. The highest BCUT2D eigenvalue weighted by Gasteiger charge is 2.45. The van der Waals surface area contributed by atoms with E-state index in [1.807, 2.05) is 0 Å². The van der Waals surface area contributed by atoms with Crippen LogP contribution in [0.5, 0.6) is 0 Å². The van der Waals surface area contributed by atoms with Crippen molar-refractivity contribution >= 4 is 17.5 Å². The highest BCUT2D eigenvalue weighted by Crippen LogP contribution is 2.38. The van der Waals surface area contributed by atoms with E-state index in [1.54, 1.807) is 0 Å². The summed E-state index contributed by atoms with van der Waals surface area (Å²) in [5.74, 6) is -5.44. The molecule has 29 heavy (non-hydrogen) atoms. The number of halogens is 5. The number of hydrogen-bond acceptors (Lipinski definition) is 2. The molecule has 0 aliphatic carbocycles. The molecule has 0 bridgehead atoms. The molecule has 4 nitrogen and oxygen atoms in total. The molecule has 1 aliphatic rings. The van der Waals surface area contributed by atoms with Crippen LogP contribution in [0.1, 0.15) is 22.6 Å². The zero-order valence-corrected chi connectivity index (χ0v) is 15.5. The first-order valence-corrected chi connectivity index (χ1v) is 8.67. The Kier molecular flexibility index (Phi) is 5.34. The summed E-state index contributed by atoms with van der Waals surface area (Å²) >= 11 is 0. The highest BCUT2D eigenvalue weighted by atomic mass is 19.4. The van der Waals surface area contributed by atoms with Gasteiger partial charge in [-0.05, 0) is 42.8 Å². The third-order valence-corrected chi connectivity index (χ3v) is 5.00. The van der Waals surface area contributed by atoms with Crippen molar-refractivity contribution in [1.29, 1.82) is 0 Å².